The molecule has 1 saturated carbocycles. The minimum atomic E-state index is -3.22. The van der Waals surface area contributed by atoms with Crippen molar-refractivity contribution >= 4 is 48.8 Å². The average molecular weight is 815 g/mol. The lowest BCUT2D eigenvalue weighted by atomic mass is 9.65. The molecule has 302 valence electrons. The van der Waals surface area contributed by atoms with E-state index in [4.69, 9.17) is 16.3 Å². The predicted molar refractivity (Wildman–Crippen MR) is 223 cm³/mol. The minimum Gasteiger partial charge on any atom is -0.490 e. The van der Waals surface area contributed by atoms with E-state index >= 15 is 0 Å². The number of nitrogens with zero attached hydrogens (tertiary/aromatic N) is 4. The first-order chi connectivity index (χ1) is 26.2. The molecular weight excluding hydrogens is 754 g/mol. The van der Waals surface area contributed by atoms with Gasteiger partial charge in [-0.25, -0.2) is 12.6 Å². The maximum Gasteiger partial charge on any atom is 0.262 e. The van der Waals surface area contributed by atoms with Crippen LogP contribution in [-0.2, 0) is 31.6 Å². The number of aryl methyl sites for hydroxylation is 1. The molecule has 2 aromatic carbocycles. The molecule has 4 heterocycles. The molecule has 1 unspecified atom stereocenters. The third-order valence-electron chi connectivity index (χ3n) is 14.4. The van der Waals surface area contributed by atoms with Crippen LogP contribution in [0.2, 0.25) is 5.02 Å². The van der Waals surface area contributed by atoms with Crippen molar-refractivity contribution in [3.05, 3.63) is 58.1 Å². The van der Waals surface area contributed by atoms with Crippen molar-refractivity contribution in [2.75, 3.05) is 76.7 Å². The summed E-state index contributed by atoms with van der Waals surface area (Å²) < 4.78 is 50.3. The second kappa shape index (κ2) is 15.4. The molecule has 4 aliphatic heterocycles. The summed E-state index contributed by atoms with van der Waals surface area (Å²) >= 11 is 6.52. The Kier molecular flexibility index (Phi) is 11.1. The van der Waals surface area contributed by atoms with Gasteiger partial charge in [0.2, 0.25) is 10.0 Å². The van der Waals surface area contributed by atoms with E-state index in [0.717, 1.165) is 101 Å². The van der Waals surface area contributed by atoms with E-state index in [0.29, 0.717) is 43.0 Å². The number of halogens is 1. The number of benzene rings is 2. The summed E-state index contributed by atoms with van der Waals surface area (Å²) in [5.41, 5.74) is 3.81. The van der Waals surface area contributed by atoms with Crippen LogP contribution in [-0.4, -0.2) is 122 Å². The van der Waals surface area contributed by atoms with E-state index in [1.165, 1.54) is 30.2 Å². The number of sulfonamides is 1. The van der Waals surface area contributed by atoms with Crippen LogP contribution in [0.1, 0.15) is 80.3 Å². The first-order valence-corrected chi connectivity index (χ1v) is 24.6. The van der Waals surface area contributed by atoms with Crippen molar-refractivity contribution < 1.29 is 22.2 Å². The van der Waals surface area contributed by atoms with Gasteiger partial charge in [0.05, 0.1) is 28.3 Å². The molecule has 1 N–H and O–H groups in total. The first kappa shape index (κ1) is 39.5. The molecule has 8 atom stereocenters. The highest BCUT2D eigenvalue weighted by Gasteiger charge is 2.45. The normalized spacial score (nSPS) is 35.3. The summed E-state index contributed by atoms with van der Waals surface area (Å²) in [5, 5.41) is 0.484. The Balaban J connectivity index is 1.12. The quantitative estimate of drug-likeness (QED) is 0.418. The monoisotopic (exact) mass is 813 g/mol. The molecule has 55 heavy (non-hydrogen) atoms. The summed E-state index contributed by atoms with van der Waals surface area (Å²) in [7, 11) is -6.14. The zero-order valence-electron chi connectivity index (χ0n) is 32.9. The zero-order chi connectivity index (χ0) is 38.7. The van der Waals surface area contributed by atoms with Crippen LogP contribution < -0.4 is 14.4 Å². The standard InChI is InChI=1S/C42H60ClN5O5S2/c1-29-7-5-8-33(23-45-17-18-46-19-20-48(55(4,51)52)26-36(46)25-45)37-13-10-34(37)24-47-27-42(16-6-9-31-21-35(43)12-14-38(31)42)28-53-40-15-11-32(22-39(40)47)41(49)44-54(3,50)30(29)2/h11-12,14-15,21-22,29-30,33-34,36-37H,3,5-10,13,16-20,23-28H2,1-2,4H3,(H,44,49,50)/t29-,30+,33-,34-,36+,37-,42-,54?/m0/s1. The van der Waals surface area contributed by atoms with E-state index in [9.17, 15) is 17.4 Å². The van der Waals surface area contributed by atoms with E-state index in [1.54, 1.807) is 10.4 Å². The highest BCUT2D eigenvalue weighted by Crippen LogP contribution is 2.48. The third kappa shape index (κ3) is 8.06. The van der Waals surface area contributed by atoms with Gasteiger partial charge in [0.15, 0.2) is 0 Å². The predicted octanol–water partition coefficient (Wildman–Crippen LogP) is 5.29. The van der Waals surface area contributed by atoms with Gasteiger partial charge < -0.3 is 14.5 Å². The maximum atomic E-state index is 14.1. The van der Waals surface area contributed by atoms with Crippen molar-refractivity contribution in [2.24, 2.45) is 23.7 Å². The number of anilines is 1. The number of piperazine rings is 2. The van der Waals surface area contributed by atoms with Crippen molar-refractivity contribution in [3.8, 4) is 5.75 Å². The topological polar surface area (TPSA) is 103 Å². The largest absolute Gasteiger partial charge is 0.490 e. The van der Waals surface area contributed by atoms with E-state index in [-0.39, 0.29) is 28.5 Å². The van der Waals surface area contributed by atoms with Crippen LogP contribution in [0.3, 0.4) is 0 Å². The average Bonchev–Trinajstić information content (AvgIpc) is 3.28. The Morgan fingerprint density at radius 3 is 2.60 bits per heavy atom. The number of hydrogen-bond acceptors (Lipinski definition) is 8. The molecule has 0 radical (unpaired) electrons. The summed E-state index contributed by atoms with van der Waals surface area (Å²) in [6.07, 6.45) is 9.82. The fourth-order valence-corrected chi connectivity index (χ4v) is 13.4. The van der Waals surface area contributed by atoms with E-state index < -0.39 is 19.7 Å². The molecule has 0 aromatic heterocycles. The second-order valence-electron chi connectivity index (χ2n) is 17.9. The SMILES string of the molecule is C=S1(=O)NC(=O)c2ccc3c(c2)N(C[C@@H]2CC[C@H]2[C@H](CN2CCN4CCN(S(C)(=O)=O)C[C@H]4C2)CCC[C@H](C)[C@H]1C)C[C@@]1(CCCc2cc(Cl)ccc21)CO3. The van der Waals surface area contributed by atoms with Gasteiger partial charge in [0, 0.05) is 86.2 Å². The number of fused-ring (bicyclic) bond motifs is 5. The zero-order valence-corrected chi connectivity index (χ0v) is 35.3. The first-order valence-electron chi connectivity index (χ1n) is 20.6. The number of nitrogens with one attached hydrogen (secondary N) is 1. The number of hydrogen-bond donors (Lipinski definition) is 1. The lowest BCUT2D eigenvalue weighted by molar-refractivity contribution is 0.00865. The van der Waals surface area contributed by atoms with Gasteiger partial charge >= 0.3 is 0 Å². The molecule has 2 saturated heterocycles. The lowest BCUT2D eigenvalue weighted by Gasteiger charge is -2.50. The number of carbonyl (C=O) groups excluding carboxylic acids is 1. The smallest absolute Gasteiger partial charge is 0.262 e. The molecular formula is C42H60ClN5O5S2. The van der Waals surface area contributed by atoms with Crippen molar-refractivity contribution in [3.63, 3.8) is 0 Å². The van der Waals surface area contributed by atoms with Crippen LogP contribution in [0.25, 0.3) is 0 Å². The lowest BCUT2D eigenvalue weighted by Crippen LogP contribution is -2.63. The molecule has 13 heteroatoms. The van der Waals surface area contributed by atoms with Crippen molar-refractivity contribution in [1.29, 1.82) is 0 Å². The van der Waals surface area contributed by atoms with E-state index in [2.05, 4.69) is 44.3 Å². The molecule has 8 rings (SSSR count). The van der Waals surface area contributed by atoms with Crippen LogP contribution in [0.4, 0.5) is 5.69 Å². The fourth-order valence-electron chi connectivity index (χ4n) is 10.8. The summed E-state index contributed by atoms with van der Waals surface area (Å²) in [4.78, 5) is 21.4. The summed E-state index contributed by atoms with van der Waals surface area (Å²) in [6.45, 7) is 12.2. The molecule has 6 aliphatic rings. The molecule has 2 aliphatic carbocycles. The summed E-state index contributed by atoms with van der Waals surface area (Å²) in [6, 6.07) is 12.3. The van der Waals surface area contributed by atoms with Gasteiger partial charge in [-0.2, -0.15) is 4.31 Å². The van der Waals surface area contributed by atoms with Gasteiger partial charge in [0.25, 0.3) is 5.91 Å². The van der Waals surface area contributed by atoms with Gasteiger partial charge in [-0.05, 0) is 123 Å². The fraction of sp³-hybridized carbons (Fsp3) is 0.667. The Hall–Kier alpha value is -2.35. The van der Waals surface area contributed by atoms with Gasteiger partial charge in [-0.3, -0.25) is 14.4 Å². The second-order valence-corrected chi connectivity index (χ2v) is 22.7. The van der Waals surface area contributed by atoms with Gasteiger partial charge in [-0.1, -0.05) is 31.0 Å². The molecule has 2 aromatic rings. The van der Waals surface area contributed by atoms with Crippen molar-refractivity contribution in [1.82, 2.24) is 18.8 Å². The highest BCUT2D eigenvalue weighted by molar-refractivity contribution is 7.99. The summed E-state index contributed by atoms with van der Waals surface area (Å²) in [5.74, 6) is 6.20. The number of rotatable bonds is 3. The van der Waals surface area contributed by atoms with Gasteiger partial charge in [0.1, 0.15) is 5.75 Å². The maximum absolute atomic E-state index is 14.1. The highest BCUT2D eigenvalue weighted by atomic mass is 35.5. The Bertz CT molecular complexity index is 2000. The number of carbonyl (C=O) groups is 1. The minimum absolute atomic E-state index is 0.129. The molecule has 1 amide bonds. The molecule has 3 fully saturated rings. The van der Waals surface area contributed by atoms with Crippen LogP contribution in [0.5, 0.6) is 5.75 Å². The number of ether oxygens (including phenoxy) is 1. The Morgan fingerprint density at radius 1 is 1.00 bits per heavy atom. The van der Waals surface area contributed by atoms with E-state index in [1.807, 2.05) is 25.1 Å². The molecule has 1 spiro atoms. The van der Waals surface area contributed by atoms with Gasteiger partial charge in [-0.15, -0.1) is 0 Å². The number of amides is 1. The van der Waals surface area contributed by atoms with Crippen LogP contribution >= 0.6 is 11.6 Å². The Morgan fingerprint density at radius 2 is 1.82 bits per heavy atom. The Labute approximate surface area is 334 Å². The third-order valence-corrected chi connectivity index (χ3v) is 18.1. The molecule has 2 bridgehead atoms. The van der Waals surface area contributed by atoms with Crippen LogP contribution in [0.15, 0.2) is 36.4 Å². The molecule has 10 nitrogen and oxygen atoms in total. The van der Waals surface area contributed by atoms with Crippen LogP contribution in [0, 0.1) is 23.7 Å². The van der Waals surface area contributed by atoms with Crippen molar-refractivity contribution in [2.45, 2.75) is 81.9 Å².